The summed E-state index contributed by atoms with van der Waals surface area (Å²) in [4.78, 5) is 10.9. The average Bonchev–Trinajstić information content (AvgIpc) is 3.21. The van der Waals surface area contributed by atoms with Crippen LogP contribution in [0.15, 0.2) is 0 Å². The molecule has 18 heteroatoms. The van der Waals surface area contributed by atoms with Gasteiger partial charge in [0.15, 0.2) is 0 Å². The summed E-state index contributed by atoms with van der Waals surface area (Å²) < 4.78 is 86.8. The quantitative estimate of drug-likeness (QED) is 0.0539. The molecule has 336 valence electrons. The lowest BCUT2D eigenvalue weighted by Crippen LogP contribution is -2.15. The first-order valence-corrected chi connectivity index (χ1v) is 20.8. The van der Waals surface area contributed by atoms with Gasteiger partial charge in [0.1, 0.15) is 0 Å². The number of methoxy groups -OCH3 is 1. The zero-order valence-corrected chi connectivity index (χ0v) is 35.2. The number of hydrogen-bond donors (Lipinski definition) is 1. The lowest BCUT2D eigenvalue weighted by molar-refractivity contribution is -0.140. The van der Waals surface area contributed by atoms with Gasteiger partial charge in [-0.1, -0.05) is 0 Å². The molecule has 0 bridgehead atoms. The topological polar surface area (TPSA) is 165 Å². The fourth-order valence-corrected chi connectivity index (χ4v) is 4.17. The van der Waals surface area contributed by atoms with Crippen molar-refractivity contribution in [3.05, 3.63) is 0 Å². The molecule has 0 N–H and O–H groups in total. The molecule has 0 radical (unpaired) electrons. The molecule has 0 aliphatic rings. The Kier molecular flexibility index (Phi) is 51.5. The Balaban J connectivity index is 3.06. The molecule has 0 aromatic rings. The van der Waals surface area contributed by atoms with Crippen LogP contribution in [0.2, 0.25) is 0 Å². The second-order valence-electron chi connectivity index (χ2n) is 11.7. The van der Waals surface area contributed by atoms with Gasteiger partial charge in [0.05, 0.1) is 144 Å². The normalized spacial score (nSPS) is 11.5. The highest BCUT2D eigenvalue weighted by Crippen LogP contribution is 1.94. The molecule has 0 aromatic carbocycles. The summed E-state index contributed by atoms with van der Waals surface area (Å²) in [6.45, 7) is 16.8. The first-order chi connectivity index (χ1) is 27.8. The average molecular weight is 837 g/mol. The van der Waals surface area contributed by atoms with E-state index in [9.17, 15) is 4.79 Å². The molecule has 17 nitrogen and oxygen atoms in total. The van der Waals surface area contributed by atoms with E-state index in [2.05, 4.69) is 12.6 Å². The molecule has 0 fully saturated rings. The third-order valence-electron chi connectivity index (χ3n) is 6.91. The Hall–Kier alpha value is -0.780. The van der Waals surface area contributed by atoms with Crippen LogP contribution >= 0.6 is 12.6 Å². The van der Waals surface area contributed by atoms with Crippen LogP contribution in [0.5, 0.6) is 0 Å². The van der Waals surface area contributed by atoms with Gasteiger partial charge in [0.2, 0.25) is 0 Å². The smallest absolute Gasteiger partial charge is 0.315 e. The fourth-order valence-electron chi connectivity index (χ4n) is 4.08. The molecule has 0 rings (SSSR count). The third kappa shape index (κ3) is 51.2. The monoisotopic (exact) mass is 836 g/mol. The minimum Gasteiger partial charge on any atom is -0.465 e. The van der Waals surface area contributed by atoms with Gasteiger partial charge in [0, 0.05) is 73.0 Å². The van der Waals surface area contributed by atoms with Gasteiger partial charge in [0.25, 0.3) is 0 Å². The summed E-state index contributed by atoms with van der Waals surface area (Å²) >= 11 is 3.85. The Bertz CT molecular complexity index is 732. The van der Waals surface area contributed by atoms with Crippen molar-refractivity contribution in [1.82, 2.24) is 0 Å². The van der Waals surface area contributed by atoms with Crippen LogP contribution in [0.25, 0.3) is 0 Å². The van der Waals surface area contributed by atoms with Crippen LogP contribution in [0.4, 0.5) is 0 Å². The minimum absolute atomic E-state index is 0.104. The lowest BCUT2D eigenvalue weighted by Gasteiger charge is -2.09. The van der Waals surface area contributed by atoms with E-state index < -0.39 is 0 Å². The first-order valence-electron chi connectivity index (χ1n) is 20.1. The van der Waals surface area contributed by atoms with Crippen LogP contribution in [-0.2, 0) is 80.6 Å². The van der Waals surface area contributed by atoms with Gasteiger partial charge in [-0.2, -0.15) is 12.6 Å². The second kappa shape index (κ2) is 52.2. The van der Waals surface area contributed by atoms with E-state index in [1.165, 1.54) is 0 Å². The maximum absolute atomic E-state index is 10.9. The molecule has 0 spiro atoms. The van der Waals surface area contributed by atoms with E-state index in [4.69, 9.17) is 75.8 Å². The van der Waals surface area contributed by atoms with Crippen molar-refractivity contribution in [3.63, 3.8) is 0 Å². The zero-order chi connectivity index (χ0) is 40.3. The molecule has 0 atom stereocenters. The van der Waals surface area contributed by atoms with Crippen molar-refractivity contribution >= 4 is 18.6 Å². The van der Waals surface area contributed by atoms with Crippen LogP contribution in [-0.4, -0.2) is 217 Å². The molecule has 0 aliphatic heterocycles. The summed E-state index contributed by atoms with van der Waals surface area (Å²) in [5, 5.41) is 0. The highest BCUT2D eigenvalue weighted by molar-refractivity contribution is 7.81. The number of rotatable bonds is 51. The summed E-state index contributed by atoms with van der Waals surface area (Å²) in [7, 11) is 1.64. The predicted molar refractivity (Wildman–Crippen MR) is 211 cm³/mol. The van der Waals surface area contributed by atoms with E-state index in [0.29, 0.717) is 205 Å². The van der Waals surface area contributed by atoms with Crippen molar-refractivity contribution in [2.45, 2.75) is 32.1 Å². The number of thiol groups is 1. The Morgan fingerprint density at radius 2 is 0.464 bits per heavy atom. The highest BCUT2D eigenvalue weighted by Gasteiger charge is 2.00. The van der Waals surface area contributed by atoms with Crippen molar-refractivity contribution in [2.75, 3.05) is 211 Å². The third-order valence-corrected chi connectivity index (χ3v) is 7.17. The second-order valence-corrected chi connectivity index (χ2v) is 12.0. The Morgan fingerprint density at radius 1 is 0.286 bits per heavy atom. The molecule has 56 heavy (non-hydrogen) atoms. The largest absolute Gasteiger partial charge is 0.465 e. The highest BCUT2D eigenvalue weighted by atomic mass is 32.1. The van der Waals surface area contributed by atoms with Crippen molar-refractivity contribution < 1.29 is 80.6 Å². The molecule has 0 saturated carbocycles. The summed E-state index contributed by atoms with van der Waals surface area (Å²) in [5.41, 5.74) is 0. The van der Waals surface area contributed by atoms with E-state index in [1.807, 2.05) is 0 Å². The van der Waals surface area contributed by atoms with Crippen LogP contribution in [0, 0.1) is 0 Å². The summed E-state index contributed by atoms with van der Waals surface area (Å²) in [6.07, 6.45) is 4.09. The van der Waals surface area contributed by atoms with Gasteiger partial charge in [-0.05, 0) is 25.7 Å². The molecule has 0 heterocycles. The zero-order valence-electron chi connectivity index (χ0n) is 34.3. The SMILES string of the molecule is COCCOCCOCCOCCOCCOCCOCCOCCOCCOCCOCCCOCCCOCCCOCCCOCCCOC(=O)CS. The van der Waals surface area contributed by atoms with Crippen LogP contribution in [0.3, 0.4) is 0 Å². The van der Waals surface area contributed by atoms with E-state index in [-0.39, 0.29) is 11.7 Å². The van der Waals surface area contributed by atoms with Gasteiger partial charge in [-0.3, -0.25) is 4.79 Å². The first kappa shape index (κ1) is 55.2. The van der Waals surface area contributed by atoms with Crippen LogP contribution in [0.1, 0.15) is 32.1 Å². The van der Waals surface area contributed by atoms with Gasteiger partial charge in [-0.25, -0.2) is 0 Å². The molecule has 0 aliphatic carbocycles. The predicted octanol–water partition coefficient (Wildman–Crippen LogP) is 2.29. The summed E-state index contributed by atoms with van der Waals surface area (Å²) in [6, 6.07) is 0. The maximum Gasteiger partial charge on any atom is 0.315 e. The number of carbonyl (C=O) groups is 1. The Morgan fingerprint density at radius 3 is 0.679 bits per heavy atom. The van der Waals surface area contributed by atoms with E-state index >= 15 is 0 Å². The van der Waals surface area contributed by atoms with Crippen LogP contribution < -0.4 is 0 Å². The van der Waals surface area contributed by atoms with Gasteiger partial charge < -0.3 is 75.8 Å². The van der Waals surface area contributed by atoms with Crippen molar-refractivity contribution in [3.8, 4) is 0 Å². The minimum atomic E-state index is -0.306. The Labute approximate surface area is 341 Å². The molecule has 0 aromatic heterocycles. The van der Waals surface area contributed by atoms with Gasteiger partial charge in [-0.15, -0.1) is 0 Å². The number of carbonyl (C=O) groups excluding carboxylic acids is 1. The molecule has 0 saturated heterocycles. The summed E-state index contributed by atoms with van der Waals surface area (Å²) in [5.74, 6) is -0.202. The van der Waals surface area contributed by atoms with E-state index in [1.54, 1.807) is 7.11 Å². The standard InChI is InChI=1S/C38H76O17S/c1-40-17-18-46-21-22-48-25-26-50-29-30-52-33-34-54-36-35-53-32-31-51-28-27-49-24-23-47-20-19-45-14-5-13-43-10-3-9-41-7-2-8-42-11-4-12-44-15-6-16-55-38(39)37-56/h56H,2-37H2,1H3. The number of hydrogen-bond acceptors (Lipinski definition) is 18. The number of ether oxygens (including phenoxy) is 16. The van der Waals surface area contributed by atoms with E-state index in [0.717, 1.165) is 25.7 Å². The molecule has 0 amide bonds. The molecule has 0 unspecified atom stereocenters. The van der Waals surface area contributed by atoms with Crippen molar-refractivity contribution in [2.24, 2.45) is 0 Å². The lowest BCUT2D eigenvalue weighted by atomic mass is 10.4. The van der Waals surface area contributed by atoms with Crippen molar-refractivity contribution in [1.29, 1.82) is 0 Å². The fraction of sp³-hybridized carbons (Fsp3) is 0.974. The maximum atomic E-state index is 10.9. The van der Waals surface area contributed by atoms with Gasteiger partial charge >= 0.3 is 5.97 Å². The molecular formula is C38H76O17S. The molecular weight excluding hydrogens is 760 g/mol. The number of esters is 1.